The van der Waals surface area contributed by atoms with Gasteiger partial charge in [-0.05, 0) is 48.7 Å². The molecule has 0 unspecified atom stereocenters. The number of nitrogens with zero attached hydrogens (tertiary/aromatic N) is 4. The van der Waals surface area contributed by atoms with Gasteiger partial charge in [-0.2, -0.15) is 5.10 Å². The van der Waals surface area contributed by atoms with E-state index in [2.05, 4.69) is 66.3 Å². The highest BCUT2D eigenvalue weighted by Crippen LogP contribution is 2.32. The third-order valence-corrected chi connectivity index (χ3v) is 9.00. The predicted octanol–water partition coefficient (Wildman–Crippen LogP) is 5.86. The standard InChI is InChI=1S/C37H48N6O4/c1-27-9-10-29(25-28(27)13-14-41-15-20-45-21-16-41)43-35(26-34(40-43)37(2,3)4)39-36(44)38-32-11-12-33(31-8-6-5-7-30(31)32)47-24-19-42-17-22-46-23-18-42/h5-12,25-26H,13-24H2,1-4H3,(H2,38,39,44). The SMILES string of the molecule is Cc1ccc(-n2nc(C(C)(C)C)cc2NC(=O)Nc2ccc(OCCN3CCOCC3)c3ccccc23)cc1CCN1CCOCC1. The van der Waals surface area contributed by atoms with Crippen LogP contribution in [0.5, 0.6) is 5.75 Å². The molecule has 0 atom stereocenters. The Morgan fingerprint density at radius 1 is 0.851 bits per heavy atom. The lowest BCUT2D eigenvalue weighted by molar-refractivity contribution is 0.0323. The Balaban J connectivity index is 1.19. The molecule has 250 valence electrons. The molecule has 3 aromatic carbocycles. The minimum atomic E-state index is -0.336. The van der Waals surface area contributed by atoms with Crippen LogP contribution in [-0.2, 0) is 21.3 Å². The van der Waals surface area contributed by atoms with E-state index in [9.17, 15) is 4.79 Å². The number of morpholine rings is 2. The first-order valence-corrected chi connectivity index (χ1v) is 16.8. The molecule has 2 aliphatic rings. The number of aryl methyl sites for hydroxylation is 1. The second-order valence-corrected chi connectivity index (χ2v) is 13.4. The number of ether oxygens (including phenoxy) is 3. The summed E-state index contributed by atoms with van der Waals surface area (Å²) in [7, 11) is 0. The van der Waals surface area contributed by atoms with Crippen LogP contribution in [0.2, 0.25) is 0 Å². The Kier molecular flexibility index (Phi) is 10.4. The third-order valence-electron chi connectivity index (χ3n) is 9.00. The van der Waals surface area contributed by atoms with Gasteiger partial charge >= 0.3 is 6.03 Å². The van der Waals surface area contributed by atoms with E-state index in [-0.39, 0.29) is 11.4 Å². The number of carbonyl (C=O) groups is 1. The molecular weight excluding hydrogens is 592 g/mol. The lowest BCUT2D eigenvalue weighted by atomic mass is 9.92. The van der Waals surface area contributed by atoms with E-state index >= 15 is 0 Å². The van der Waals surface area contributed by atoms with E-state index in [1.54, 1.807) is 0 Å². The number of benzene rings is 3. The highest BCUT2D eigenvalue weighted by atomic mass is 16.5. The normalized spacial score (nSPS) is 16.3. The molecular formula is C37H48N6O4. The van der Waals surface area contributed by atoms with Gasteiger partial charge in [0.2, 0.25) is 0 Å². The van der Waals surface area contributed by atoms with Crippen molar-refractivity contribution >= 4 is 28.3 Å². The average molecular weight is 641 g/mol. The number of amides is 2. The third kappa shape index (κ3) is 8.31. The van der Waals surface area contributed by atoms with Gasteiger partial charge in [-0.1, -0.05) is 51.1 Å². The van der Waals surface area contributed by atoms with Gasteiger partial charge in [0.15, 0.2) is 0 Å². The van der Waals surface area contributed by atoms with Crippen LogP contribution in [0.4, 0.5) is 16.3 Å². The molecule has 0 bridgehead atoms. The molecule has 2 amide bonds. The summed E-state index contributed by atoms with van der Waals surface area (Å²) >= 11 is 0. The van der Waals surface area contributed by atoms with Gasteiger partial charge in [0.1, 0.15) is 18.2 Å². The summed E-state index contributed by atoms with van der Waals surface area (Å²) in [5, 5.41) is 13.0. The Morgan fingerprint density at radius 3 is 2.23 bits per heavy atom. The Hall–Kier alpha value is -3.96. The molecule has 0 saturated carbocycles. The van der Waals surface area contributed by atoms with Crippen molar-refractivity contribution in [2.75, 3.05) is 82.9 Å². The number of aromatic nitrogens is 2. The van der Waals surface area contributed by atoms with Gasteiger partial charge in [-0.3, -0.25) is 15.1 Å². The topological polar surface area (TPSA) is 93.1 Å². The smallest absolute Gasteiger partial charge is 0.324 e. The van der Waals surface area contributed by atoms with Gasteiger partial charge in [-0.25, -0.2) is 9.48 Å². The Morgan fingerprint density at radius 2 is 1.53 bits per heavy atom. The monoisotopic (exact) mass is 640 g/mol. The van der Waals surface area contributed by atoms with Crippen LogP contribution in [0, 0.1) is 6.92 Å². The zero-order chi connectivity index (χ0) is 32.8. The maximum absolute atomic E-state index is 13.6. The molecule has 6 rings (SSSR count). The van der Waals surface area contributed by atoms with Crippen molar-refractivity contribution in [2.45, 2.75) is 39.5 Å². The first-order valence-electron chi connectivity index (χ1n) is 16.8. The molecule has 47 heavy (non-hydrogen) atoms. The number of nitrogens with one attached hydrogen (secondary N) is 2. The molecule has 10 heteroatoms. The summed E-state index contributed by atoms with van der Waals surface area (Å²) < 4.78 is 19.0. The lowest BCUT2D eigenvalue weighted by Gasteiger charge is -2.26. The fourth-order valence-corrected chi connectivity index (χ4v) is 6.08. The van der Waals surface area contributed by atoms with Gasteiger partial charge in [-0.15, -0.1) is 0 Å². The van der Waals surface area contributed by atoms with Crippen LogP contribution in [0.1, 0.15) is 37.6 Å². The van der Waals surface area contributed by atoms with Crippen LogP contribution >= 0.6 is 0 Å². The van der Waals surface area contributed by atoms with Crippen molar-refractivity contribution in [2.24, 2.45) is 0 Å². The molecule has 2 saturated heterocycles. The van der Waals surface area contributed by atoms with E-state index in [0.717, 1.165) is 100 Å². The maximum Gasteiger partial charge on any atom is 0.324 e. The van der Waals surface area contributed by atoms with E-state index in [1.165, 1.54) is 11.1 Å². The molecule has 1 aromatic heterocycles. The number of hydrogen-bond donors (Lipinski definition) is 2. The van der Waals surface area contributed by atoms with Gasteiger partial charge in [0.05, 0.1) is 43.5 Å². The molecule has 3 heterocycles. The van der Waals surface area contributed by atoms with Crippen LogP contribution in [0.25, 0.3) is 16.5 Å². The van der Waals surface area contributed by atoms with Crippen LogP contribution < -0.4 is 15.4 Å². The molecule has 2 aliphatic heterocycles. The average Bonchev–Trinajstić information content (AvgIpc) is 3.50. The number of anilines is 2. The summed E-state index contributed by atoms with van der Waals surface area (Å²) in [6, 6.07) is 19.9. The molecule has 2 N–H and O–H groups in total. The number of urea groups is 1. The van der Waals surface area contributed by atoms with E-state index in [0.29, 0.717) is 18.1 Å². The summed E-state index contributed by atoms with van der Waals surface area (Å²) in [6.45, 7) is 17.9. The number of fused-ring (bicyclic) bond motifs is 1. The second-order valence-electron chi connectivity index (χ2n) is 13.4. The van der Waals surface area contributed by atoms with Crippen LogP contribution in [-0.4, -0.2) is 97.9 Å². The van der Waals surface area contributed by atoms with Gasteiger partial charge < -0.3 is 19.5 Å². The fourth-order valence-electron chi connectivity index (χ4n) is 6.08. The molecule has 2 fully saturated rings. The molecule has 0 spiro atoms. The zero-order valence-corrected chi connectivity index (χ0v) is 28.2. The second kappa shape index (κ2) is 14.9. The molecule has 0 radical (unpaired) electrons. The van der Waals surface area contributed by atoms with Crippen molar-refractivity contribution in [3.05, 3.63) is 77.5 Å². The van der Waals surface area contributed by atoms with Crippen molar-refractivity contribution in [3.8, 4) is 11.4 Å². The minimum Gasteiger partial charge on any atom is -0.492 e. The van der Waals surface area contributed by atoms with E-state index < -0.39 is 0 Å². The van der Waals surface area contributed by atoms with Crippen molar-refractivity contribution in [1.29, 1.82) is 0 Å². The van der Waals surface area contributed by atoms with Crippen molar-refractivity contribution < 1.29 is 19.0 Å². The largest absolute Gasteiger partial charge is 0.492 e. The van der Waals surface area contributed by atoms with Crippen molar-refractivity contribution in [3.63, 3.8) is 0 Å². The molecule has 4 aromatic rings. The van der Waals surface area contributed by atoms with E-state index in [1.807, 2.05) is 47.1 Å². The lowest BCUT2D eigenvalue weighted by Crippen LogP contribution is -2.38. The maximum atomic E-state index is 13.6. The van der Waals surface area contributed by atoms with E-state index in [4.69, 9.17) is 19.3 Å². The number of rotatable bonds is 10. The number of carbonyl (C=O) groups excluding carboxylic acids is 1. The summed E-state index contributed by atoms with van der Waals surface area (Å²) in [6.07, 6.45) is 0.941. The first kappa shape index (κ1) is 33.0. The van der Waals surface area contributed by atoms with Crippen LogP contribution in [0.3, 0.4) is 0 Å². The molecule has 10 nitrogen and oxygen atoms in total. The van der Waals surface area contributed by atoms with Gasteiger partial charge in [0.25, 0.3) is 0 Å². The quantitative estimate of drug-likeness (QED) is 0.224. The Labute approximate surface area is 278 Å². The highest BCUT2D eigenvalue weighted by Gasteiger charge is 2.22. The van der Waals surface area contributed by atoms with Gasteiger partial charge in [0, 0.05) is 61.5 Å². The van der Waals surface area contributed by atoms with Crippen molar-refractivity contribution in [1.82, 2.24) is 19.6 Å². The number of hydrogen-bond acceptors (Lipinski definition) is 7. The predicted molar refractivity (Wildman–Crippen MR) is 187 cm³/mol. The highest BCUT2D eigenvalue weighted by molar-refractivity contribution is 6.07. The van der Waals surface area contributed by atoms with Crippen LogP contribution in [0.15, 0.2) is 60.7 Å². The summed E-state index contributed by atoms with van der Waals surface area (Å²) in [5.74, 6) is 1.42. The zero-order valence-electron chi connectivity index (χ0n) is 28.2. The molecule has 0 aliphatic carbocycles. The fraction of sp³-hybridized carbons (Fsp3) is 0.459. The summed E-state index contributed by atoms with van der Waals surface area (Å²) in [4.78, 5) is 18.4. The summed E-state index contributed by atoms with van der Waals surface area (Å²) in [5.41, 5.74) is 4.85. The first-order chi connectivity index (χ1) is 22.7. The Bertz CT molecular complexity index is 1670. The minimum absolute atomic E-state index is 0.199.